The Morgan fingerprint density at radius 3 is 2.55 bits per heavy atom. The average Bonchev–Trinajstić information content (AvgIpc) is 2.85. The molecule has 0 radical (unpaired) electrons. The number of nitrogens with two attached hydrogens (primary N) is 1. The largest absolute Gasteiger partial charge is 0.330 e. The molecule has 1 heterocycles. The number of aryl methyl sites for hydroxylation is 1. The third-order valence-corrected chi connectivity index (χ3v) is 3.64. The van der Waals surface area contributed by atoms with Crippen molar-refractivity contribution >= 4 is 35.3 Å². The number of amides is 1. The molecule has 4 nitrogen and oxygen atoms in total. The molecular weight excluding hydrogens is 294 g/mol. The van der Waals surface area contributed by atoms with E-state index in [1.165, 1.54) is 0 Å². The Hall–Kier alpha value is -1.43. The molecule has 0 aliphatic carbocycles. The normalized spacial score (nSPS) is 11.6. The fraction of sp³-hybridized carbons (Fsp3) is 0.286. The van der Waals surface area contributed by atoms with Crippen LogP contribution >= 0.6 is 23.7 Å². The van der Waals surface area contributed by atoms with Gasteiger partial charge in [0.05, 0.1) is 10.7 Å². The average molecular weight is 312 g/mol. The van der Waals surface area contributed by atoms with Crippen molar-refractivity contribution in [2.24, 2.45) is 11.7 Å². The van der Waals surface area contributed by atoms with Crippen molar-refractivity contribution < 1.29 is 4.79 Å². The maximum Gasteiger partial charge on any atom is 0.228 e. The number of nitrogens with one attached hydrogen (secondary N) is 1. The number of carbonyl (C=O) groups is 1. The number of rotatable bonds is 4. The lowest BCUT2D eigenvalue weighted by Crippen LogP contribution is -2.26. The van der Waals surface area contributed by atoms with Gasteiger partial charge in [0, 0.05) is 29.1 Å². The predicted molar refractivity (Wildman–Crippen MR) is 86.4 cm³/mol. The van der Waals surface area contributed by atoms with E-state index in [9.17, 15) is 4.79 Å². The molecule has 0 aliphatic rings. The molecule has 1 unspecified atom stereocenters. The van der Waals surface area contributed by atoms with Crippen molar-refractivity contribution in [1.29, 1.82) is 0 Å². The summed E-state index contributed by atoms with van der Waals surface area (Å²) in [5.74, 6) is -0.236. The van der Waals surface area contributed by atoms with Gasteiger partial charge < -0.3 is 11.1 Å². The molecule has 2 rings (SSSR count). The zero-order chi connectivity index (χ0) is 13.8. The van der Waals surface area contributed by atoms with Gasteiger partial charge in [-0.15, -0.1) is 23.7 Å². The first-order valence-electron chi connectivity index (χ1n) is 6.13. The summed E-state index contributed by atoms with van der Waals surface area (Å²) >= 11 is 1.63. The SMILES string of the molecule is Cc1nc(-c2ccc(NC(=O)C(C)CN)cc2)cs1.Cl. The fourth-order valence-corrected chi connectivity index (χ4v) is 2.21. The van der Waals surface area contributed by atoms with Gasteiger partial charge in [0.25, 0.3) is 0 Å². The Bertz CT molecular complexity index is 568. The maximum absolute atomic E-state index is 11.7. The van der Waals surface area contributed by atoms with Gasteiger partial charge in [-0.25, -0.2) is 4.98 Å². The van der Waals surface area contributed by atoms with E-state index in [1.807, 2.05) is 43.5 Å². The second kappa shape index (κ2) is 7.38. The summed E-state index contributed by atoms with van der Waals surface area (Å²) in [5.41, 5.74) is 8.26. The third-order valence-electron chi connectivity index (χ3n) is 2.87. The smallest absolute Gasteiger partial charge is 0.228 e. The van der Waals surface area contributed by atoms with E-state index in [-0.39, 0.29) is 24.2 Å². The van der Waals surface area contributed by atoms with Gasteiger partial charge in [0.1, 0.15) is 0 Å². The van der Waals surface area contributed by atoms with Gasteiger partial charge in [0.2, 0.25) is 5.91 Å². The molecule has 2 aromatic rings. The van der Waals surface area contributed by atoms with Crippen molar-refractivity contribution in [1.82, 2.24) is 4.98 Å². The van der Waals surface area contributed by atoms with Crippen molar-refractivity contribution in [3.05, 3.63) is 34.7 Å². The van der Waals surface area contributed by atoms with Crippen molar-refractivity contribution in [2.75, 3.05) is 11.9 Å². The molecule has 0 bridgehead atoms. The van der Waals surface area contributed by atoms with Crippen LogP contribution in [0.2, 0.25) is 0 Å². The zero-order valence-electron chi connectivity index (χ0n) is 11.4. The van der Waals surface area contributed by atoms with E-state index in [2.05, 4.69) is 10.3 Å². The van der Waals surface area contributed by atoms with Gasteiger partial charge in [-0.1, -0.05) is 19.1 Å². The van der Waals surface area contributed by atoms with E-state index in [1.54, 1.807) is 11.3 Å². The van der Waals surface area contributed by atoms with Crippen LogP contribution in [0.25, 0.3) is 11.3 Å². The second-order valence-electron chi connectivity index (χ2n) is 4.46. The molecule has 1 aromatic carbocycles. The Kier molecular flexibility index (Phi) is 6.13. The van der Waals surface area contributed by atoms with E-state index in [0.717, 1.165) is 22.0 Å². The third kappa shape index (κ3) is 4.03. The maximum atomic E-state index is 11.7. The number of hydrogen-bond donors (Lipinski definition) is 2. The van der Waals surface area contributed by atoms with E-state index in [4.69, 9.17) is 5.73 Å². The summed E-state index contributed by atoms with van der Waals surface area (Å²) in [6.07, 6.45) is 0. The molecule has 1 atom stereocenters. The second-order valence-corrected chi connectivity index (χ2v) is 5.52. The van der Waals surface area contributed by atoms with E-state index < -0.39 is 0 Å². The molecule has 0 fully saturated rings. The van der Waals surface area contributed by atoms with Gasteiger partial charge >= 0.3 is 0 Å². The summed E-state index contributed by atoms with van der Waals surface area (Å²) < 4.78 is 0. The van der Waals surface area contributed by atoms with Crippen LogP contribution in [0.1, 0.15) is 11.9 Å². The van der Waals surface area contributed by atoms with E-state index >= 15 is 0 Å². The molecule has 0 saturated heterocycles. The minimum Gasteiger partial charge on any atom is -0.330 e. The molecule has 0 aliphatic heterocycles. The molecule has 20 heavy (non-hydrogen) atoms. The lowest BCUT2D eigenvalue weighted by Gasteiger charge is -2.10. The summed E-state index contributed by atoms with van der Waals surface area (Å²) in [5, 5.41) is 5.91. The van der Waals surface area contributed by atoms with Crippen LogP contribution < -0.4 is 11.1 Å². The molecule has 0 saturated carbocycles. The number of anilines is 1. The van der Waals surface area contributed by atoms with Crippen molar-refractivity contribution in [2.45, 2.75) is 13.8 Å². The number of benzene rings is 1. The number of hydrogen-bond acceptors (Lipinski definition) is 4. The Morgan fingerprint density at radius 1 is 1.40 bits per heavy atom. The van der Waals surface area contributed by atoms with Crippen LogP contribution in [-0.2, 0) is 4.79 Å². The summed E-state index contributed by atoms with van der Waals surface area (Å²) in [6, 6.07) is 7.67. The first-order chi connectivity index (χ1) is 9.10. The Morgan fingerprint density at radius 2 is 2.05 bits per heavy atom. The first kappa shape index (κ1) is 16.6. The molecule has 1 aromatic heterocycles. The molecule has 108 valence electrons. The lowest BCUT2D eigenvalue weighted by molar-refractivity contribution is -0.119. The summed E-state index contributed by atoms with van der Waals surface area (Å²) in [6.45, 7) is 4.14. The Balaban J connectivity index is 0.00000200. The summed E-state index contributed by atoms with van der Waals surface area (Å²) in [7, 11) is 0. The van der Waals surface area contributed by atoms with E-state index in [0.29, 0.717) is 6.54 Å². The van der Waals surface area contributed by atoms with Crippen molar-refractivity contribution in [3.63, 3.8) is 0 Å². The Labute approximate surface area is 128 Å². The highest BCUT2D eigenvalue weighted by Crippen LogP contribution is 2.23. The zero-order valence-corrected chi connectivity index (χ0v) is 13.1. The number of nitrogens with zero attached hydrogens (tertiary/aromatic N) is 1. The van der Waals surface area contributed by atoms with Crippen LogP contribution in [0.15, 0.2) is 29.6 Å². The highest BCUT2D eigenvalue weighted by molar-refractivity contribution is 7.09. The van der Waals surface area contributed by atoms with Crippen LogP contribution in [-0.4, -0.2) is 17.4 Å². The molecule has 3 N–H and O–H groups in total. The first-order valence-corrected chi connectivity index (χ1v) is 7.01. The number of halogens is 1. The minimum atomic E-state index is -0.180. The molecule has 0 spiro atoms. The monoisotopic (exact) mass is 311 g/mol. The molecule has 6 heteroatoms. The fourth-order valence-electron chi connectivity index (χ4n) is 1.59. The van der Waals surface area contributed by atoms with Crippen LogP contribution in [0.3, 0.4) is 0 Å². The predicted octanol–water partition coefficient (Wildman–Crippen LogP) is 3.07. The van der Waals surface area contributed by atoms with Gasteiger partial charge in [0.15, 0.2) is 0 Å². The van der Waals surface area contributed by atoms with Gasteiger partial charge in [-0.3, -0.25) is 4.79 Å². The van der Waals surface area contributed by atoms with Crippen LogP contribution in [0.4, 0.5) is 5.69 Å². The van der Waals surface area contributed by atoms with Crippen LogP contribution in [0, 0.1) is 12.8 Å². The number of carbonyl (C=O) groups excluding carboxylic acids is 1. The number of thiazole rings is 1. The van der Waals surface area contributed by atoms with Crippen LogP contribution in [0.5, 0.6) is 0 Å². The molecular formula is C14H18ClN3OS. The molecule has 1 amide bonds. The standard InChI is InChI=1S/C14H17N3OS.ClH/c1-9(7-15)14(18)17-12-5-3-11(4-6-12)13-8-19-10(2)16-13;/h3-6,8-9H,7,15H2,1-2H3,(H,17,18);1H. The highest BCUT2D eigenvalue weighted by atomic mass is 35.5. The minimum absolute atomic E-state index is 0. The van der Waals surface area contributed by atoms with Crippen molar-refractivity contribution in [3.8, 4) is 11.3 Å². The summed E-state index contributed by atoms with van der Waals surface area (Å²) in [4.78, 5) is 16.1. The highest BCUT2D eigenvalue weighted by Gasteiger charge is 2.10. The lowest BCUT2D eigenvalue weighted by atomic mass is 10.1. The van der Waals surface area contributed by atoms with Gasteiger partial charge in [-0.2, -0.15) is 0 Å². The van der Waals surface area contributed by atoms with Gasteiger partial charge in [-0.05, 0) is 19.1 Å². The topological polar surface area (TPSA) is 68.0 Å². The number of aromatic nitrogens is 1. The quantitative estimate of drug-likeness (QED) is 0.911.